The molecule has 9 aromatic carbocycles. The Morgan fingerprint density at radius 1 is 0.324 bits per heavy atom. The Hall–Kier alpha value is -11.6. The number of rotatable bonds is 54. The van der Waals surface area contributed by atoms with Crippen molar-refractivity contribution in [1.29, 1.82) is 0 Å². The van der Waals surface area contributed by atoms with Gasteiger partial charge in [-0.3, -0.25) is 60.7 Å². The van der Waals surface area contributed by atoms with Crippen molar-refractivity contribution in [1.82, 2.24) is 21.3 Å². The molecule has 0 radical (unpaired) electrons. The molecule has 0 aromatic heterocycles. The molecular formula is C102H118N4O31P2. The fourth-order valence-corrected chi connectivity index (χ4v) is 17.6. The lowest BCUT2D eigenvalue weighted by Gasteiger charge is -2.46. The molecule has 17 atom stereocenters. The van der Waals surface area contributed by atoms with E-state index in [2.05, 4.69) is 21.3 Å². The van der Waals surface area contributed by atoms with E-state index in [-0.39, 0.29) is 91.8 Å². The predicted molar refractivity (Wildman–Crippen MR) is 499 cm³/mol. The number of hydrogen-bond donors (Lipinski definition) is 4. The molecule has 3 aliphatic heterocycles. The molecule has 12 rings (SSSR count). The van der Waals surface area contributed by atoms with Gasteiger partial charge in [0.25, 0.3) is 0 Å². The molecule has 3 heterocycles. The number of carbonyl (C=O) groups is 8. The summed E-state index contributed by atoms with van der Waals surface area (Å²) in [7, 11) is -9.80. The number of phosphoric acid groups is 2. The zero-order chi connectivity index (χ0) is 98.0. The molecule has 0 bridgehead atoms. The van der Waals surface area contributed by atoms with Crippen molar-refractivity contribution in [3.8, 4) is 0 Å². The van der Waals surface area contributed by atoms with E-state index in [1.54, 1.807) is 115 Å². The molecule has 4 N–H and O–H groups in total. The molecule has 3 aliphatic rings. The largest absolute Gasteiger partial charge is 0.477 e. The maximum atomic E-state index is 16.0. The van der Waals surface area contributed by atoms with Gasteiger partial charge in [0, 0.05) is 47.7 Å². The SMILES string of the molecule is CC(=O)N[C@H]1[C@@H](OP(=O)(OCc2ccccc2)OC[C@H]2O[C@H](OCCCNC(=O)[C@H](CCCNC(=O)OCc3ccccc3)NC(=O)CO[C@H]3O[C@H](COP(=O)(OCc4ccccc4)OCc4ccccc4)[C@@H](OCc4ccccc4)[C@H](OCc4ccccc4)[C@@H]3OCc3ccccc3)[C@@H](OC(C)=O)[C@@H](OCc3ccccc3)[C@@H]2OCc2ccccc2)O[C@H](COC(C)=O)[C@@H](OC(C)=O)[C@@H]1OC(C)=O. The number of carbonyl (C=O) groups excluding carboxylic acids is 8. The van der Waals surface area contributed by atoms with Crippen LogP contribution >= 0.6 is 15.6 Å². The predicted octanol–water partition coefficient (Wildman–Crippen LogP) is 13.6. The average molecular weight is 1960 g/mol. The van der Waals surface area contributed by atoms with Crippen LogP contribution in [0.4, 0.5) is 4.79 Å². The minimum atomic E-state index is -5.25. The van der Waals surface area contributed by atoms with Gasteiger partial charge < -0.3 is 92.3 Å². The second-order valence-electron chi connectivity index (χ2n) is 32.6. The van der Waals surface area contributed by atoms with Crippen LogP contribution in [0.3, 0.4) is 0 Å². The van der Waals surface area contributed by atoms with Crippen molar-refractivity contribution >= 4 is 63.3 Å². The van der Waals surface area contributed by atoms with Crippen LogP contribution in [0.5, 0.6) is 0 Å². The third-order valence-electron chi connectivity index (χ3n) is 21.8. The molecule has 742 valence electrons. The Kier molecular flexibility index (Phi) is 42.8. The number of amides is 4. The smallest absolute Gasteiger partial charge is 0.463 e. The van der Waals surface area contributed by atoms with Crippen LogP contribution in [0.1, 0.15) is 104 Å². The van der Waals surface area contributed by atoms with Crippen LogP contribution in [0, 0.1) is 0 Å². The first-order chi connectivity index (χ1) is 67.5. The first kappa shape index (κ1) is 106. The minimum absolute atomic E-state index is 0.00813. The van der Waals surface area contributed by atoms with Crippen molar-refractivity contribution < 1.29 is 146 Å². The molecule has 3 fully saturated rings. The van der Waals surface area contributed by atoms with Crippen LogP contribution < -0.4 is 21.3 Å². The highest BCUT2D eigenvalue weighted by Crippen LogP contribution is 2.55. The van der Waals surface area contributed by atoms with Crippen molar-refractivity contribution in [2.45, 2.75) is 211 Å². The summed E-state index contributed by atoms with van der Waals surface area (Å²) in [5.41, 5.74) is 6.21. The normalized spacial score (nSPS) is 21.9. The summed E-state index contributed by atoms with van der Waals surface area (Å²) in [6, 6.07) is 78.7. The summed E-state index contributed by atoms with van der Waals surface area (Å²) in [6.07, 6.45) is -21.0. The maximum absolute atomic E-state index is 16.0. The average Bonchev–Trinajstić information content (AvgIpc) is 0.797. The van der Waals surface area contributed by atoms with Crippen molar-refractivity contribution in [3.05, 3.63) is 323 Å². The van der Waals surface area contributed by atoms with Gasteiger partial charge in [-0.25, -0.2) is 13.9 Å². The van der Waals surface area contributed by atoms with E-state index < -0.39 is 194 Å². The van der Waals surface area contributed by atoms with Crippen LogP contribution in [-0.2, 0) is 200 Å². The molecular weight excluding hydrogens is 1840 g/mol. The third-order valence-corrected chi connectivity index (χ3v) is 24.5. The number of nitrogens with one attached hydrogen (secondary N) is 4. The molecule has 9 aromatic rings. The molecule has 139 heavy (non-hydrogen) atoms. The Labute approximate surface area is 806 Å². The standard InChI is InChI=1S/C102H118N4O31P2/c1-70(107)105-89-93(132-73(4)110)92(131-72(3)109)85(66-118-71(2)108)134-99(89)137-139(116,128-65-83-51-31-14-32-52-83)130-68-87-91(120-58-76-37-17-7-18-38-76)95(122-60-78-41-21-9-22-42-78)97(133-74(5)111)101(136-87)117-56-34-55-103-98(113)84(53-33-54-104-102(114)125-62-80-45-25-11-26-46-80)106-88(112)69-124-100-96(123-61-79-43-23-10-24-44-79)94(121-59-77-39-19-8-20-40-77)90(119-57-75-35-15-6-16-36-75)86(135-100)67-129-138(115,126-63-81-47-27-12-28-48-81)127-64-82-49-29-13-30-50-82/h6-32,35-52,84-87,89-97,99-101H,33-34,53-69H2,1-5H3,(H,103,113)(H,104,114)(H,105,107)(H,106,112)/t84-,85+,86+,87+,89+,90+,91+,92+,93+,94-,95-,96-,97-,99+,100-,101-,139?/m0/s1. The van der Waals surface area contributed by atoms with Crippen LogP contribution in [-0.4, -0.2) is 192 Å². The highest BCUT2D eigenvalue weighted by molar-refractivity contribution is 7.48. The molecule has 0 spiro atoms. The summed E-state index contributed by atoms with van der Waals surface area (Å²) in [6.45, 7) is 1.21. The van der Waals surface area contributed by atoms with Gasteiger partial charge in [-0.1, -0.05) is 273 Å². The van der Waals surface area contributed by atoms with E-state index >= 15 is 9.13 Å². The summed E-state index contributed by atoms with van der Waals surface area (Å²) < 4.78 is 164. The van der Waals surface area contributed by atoms with Gasteiger partial charge in [0.2, 0.25) is 17.7 Å². The van der Waals surface area contributed by atoms with E-state index in [9.17, 15) is 38.4 Å². The summed E-state index contributed by atoms with van der Waals surface area (Å²) in [5.74, 6) is -5.67. The van der Waals surface area contributed by atoms with Gasteiger partial charge in [0.1, 0.15) is 80.7 Å². The first-order valence-electron chi connectivity index (χ1n) is 45.6. The van der Waals surface area contributed by atoms with Gasteiger partial charge in [0.15, 0.2) is 37.2 Å². The lowest BCUT2D eigenvalue weighted by atomic mass is 9.96. The summed E-state index contributed by atoms with van der Waals surface area (Å²) in [5, 5.41) is 11.1. The van der Waals surface area contributed by atoms with Crippen LogP contribution in [0.25, 0.3) is 0 Å². The van der Waals surface area contributed by atoms with Gasteiger partial charge >= 0.3 is 45.6 Å². The second-order valence-corrected chi connectivity index (χ2v) is 35.9. The second kappa shape index (κ2) is 56.0. The quantitative estimate of drug-likeness (QED) is 0.0119. The zero-order valence-electron chi connectivity index (χ0n) is 77.7. The molecule has 0 aliphatic carbocycles. The number of hydrogen-bond acceptors (Lipinski definition) is 31. The molecule has 3 saturated heterocycles. The number of alkyl carbamates (subject to hydrolysis) is 1. The zero-order valence-corrected chi connectivity index (χ0v) is 79.5. The van der Waals surface area contributed by atoms with Gasteiger partial charge in [-0.05, 0) is 69.3 Å². The Morgan fingerprint density at radius 3 is 1.09 bits per heavy atom. The summed E-state index contributed by atoms with van der Waals surface area (Å²) in [4.78, 5) is 108. The van der Waals surface area contributed by atoms with Crippen molar-refractivity contribution in [2.24, 2.45) is 0 Å². The van der Waals surface area contributed by atoms with Crippen molar-refractivity contribution in [2.75, 3.05) is 46.1 Å². The fourth-order valence-electron chi connectivity index (χ4n) is 15.2. The molecule has 35 nitrogen and oxygen atoms in total. The Balaban J connectivity index is 0.814. The number of phosphoric ester groups is 2. The minimum Gasteiger partial charge on any atom is -0.463 e. The number of benzene rings is 9. The van der Waals surface area contributed by atoms with E-state index in [0.29, 0.717) is 27.8 Å². The maximum Gasteiger partial charge on any atom is 0.477 e. The lowest BCUT2D eigenvalue weighted by Crippen LogP contribution is -2.66. The molecule has 1 unspecified atom stereocenters. The van der Waals surface area contributed by atoms with Crippen LogP contribution in [0.15, 0.2) is 273 Å². The van der Waals surface area contributed by atoms with E-state index in [1.807, 2.05) is 158 Å². The van der Waals surface area contributed by atoms with Gasteiger partial charge in [-0.15, -0.1) is 0 Å². The number of ether oxygens (including phenoxy) is 15. The highest BCUT2D eigenvalue weighted by atomic mass is 31.2. The fraction of sp³-hybridized carbons (Fsp3) is 0.392. The lowest BCUT2D eigenvalue weighted by molar-refractivity contribution is -0.324. The monoisotopic (exact) mass is 1960 g/mol. The van der Waals surface area contributed by atoms with E-state index in [4.69, 9.17) is 98.2 Å². The molecule has 0 saturated carbocycles. The van der Waals surface area contributed by atoms with Crippen LogP contribution in [0.2, 0.25) is 0 Å². The van der Waals surface area contributed by atoms with E-state index in [0.717, 1.165) is 49.9 Å². The summed E-state index contributed by atoms with van der Waals surface area (Å²) >= 11 is 0. The van der Waals surface area contributed by atoms with E-state index in [1.165, 1.54) is 6.92 Å². The Bertz CT molecular complexity index is 5290. The number of esters is 4. The van der Waals surface area contributed by atoms with Gasteiger partial charge in [-0.2, -0.15) is 0 Å². The highest BCUT2D eigenvalue weighted by Gasteiger charge is 2.56. The first-order valence-corrected chi connectivity index (χ1v) is 48.5. The van der Waals surface area contributed by atoms with Gasteiger partial charge in [0.05, 0.1) is 72.7 Å². The Morgan fingerprint density at radius 2 is 0.669 bits per heavy atom. The third kappa shape index (κ3) is 35.6. The van der Waals surface area contributed by atoms with Crippen molar-refractivity contribution in [3.63, 3.8) is 0 Å². The molecule has 37 heteroatoms. The topological polar surface area (TPSA) is 413 Å². The molecule has 4 amide bonds.